The molecule has 5 rings (SSSR count). The predicted molar refractivity (Wildman–Crippen MR) is 92.0 cm³/mol. The van der Waals surface area contributed by atoms with E-state index in [1.165, 1.54) is 7.11 Å². The fraction of sp³-hybridized carbons (Fsp3) is 0.350. The number of fused-ring (bicyclic) bond motifs is 3. The van der Waals surface area contributed by atoms with Crippen molar-refractivity contribution in [3.63, 3.8) is 0 Å². The van der Waals surface area contributed by atoms with E-state index in [0.29, 0.717) is 22.8 Å². The van der Waals surface area contributed by atoms with Crippen molar-refractivity contribution < 1.29 is 34.0 Å². The number of carbonyl (C=O) groups is 1. The van der Waals surface area contributed by atoms with Crippen LogP contribution in [-0.2, 0) is 9.53 Å². The Kier molecular flexibility index (Phi) is 3.48. The van der Waals surface area contributed by atoms with E-state index in [4.69, 9.17) is 18.9 Å². The summed E-state index contributed by atoms with van der Waals surface area (Å²) in [7, 11) is 1.47. The molecule has 7 nitrogen and oxygen atoms in total. The van der Waals surface area contributed by atoms with E-state index in [1.54, 1.807) is 24.3 Å². The number of hydrogen-bond acceptors (Lipinski definition) is 7. The molecular weight excluding hydrogens is 352 g/mol. The number of aliphatic hydroxyl groups is 1. The number of rotatable bonds is 2. The van der Waals surface area contributed by atoms with Crippen molar-refractivity contribution in [2.75, 3.05) is 20.5 Å². The van der Waals surface area contributed by atoms with Crippen LogP contribution in [0.2, 0.25) is 0 Å². The highest BCUT2D eigenvalue weighted by atomic mass is 16.7. The van der Waals surface area contributed by atoms with Gasteiger partial charge in [-0.05, 0) is 41.0 Å². The first kappa shape index (κ1) is 16.3. The van der Waals surface area contributed by atoms with Gasteiger partial charge < -0.3 is 29.2 Å². The third-order valence-corrected chi connectivity index (χ3v) is 5.71. The van der Waals surface area contributed by atoms with Gasteiger partial charge in [-0.1, -0.05) is 6.07 Å². The van der Waals surface area contributed by atoms with Gasteiger partial charge in [0.15, 0.2) is 23.0 Å². The van der Waals surface area contributed by atoms with Gasteiger partial charge >= 0.3 is 5.97 Å². The van der Waals surface area contributed by atoms with E-state index in [0.717, 1.165) is 11.1 Å². The van der Waals surface area contributed by atoms with Gasteiger partial charge in [0.05, 0.1) is 25.7 Å². The van der Waals surface area contributed by atoms with E-state index in [9.17, 15) is 15.0 Å². The molecule has 0 spiro atoms. The maximum Gasteiger partial charge on any atom is 0.310 e. The third-order valence-electron chi connectivity index (χ3n) is 5.71. The number of methoxy groups -OCH3 is 1. The molecule has 4 atom stereocenters. The zero-order valence-corrected chi connectivity index (χ0v) is 14.5. The van der Waals surface area contributed by atoms with Crippen LogP contribution in [0.15, 0.2) is 30.3 Å². The minimum absolute atomic E-state index is 0.0218. The Balaban J connectivity index is 1.73. The zero-order chi connectivity index (χ0) is 18.7. The lowest BCUT2D eigenvalue weighted by Crippen LogP contribution is -2.34. The molecule has 7 heteroatoms. The maximum atomic E-state index is 12.5. The van der Waals surface area contributed by atoms with Gasteiger partial charge in [-0.2, -0.15) is 0 Å². The fourth-order valence-electron chi connectivity index (χ4n) is 4.42. The van der Waals surface area contributed by atoms with Gasteiger partial charge in [-0.25, -0.2) is 0 Å². The lowest BCUT2D eigenvalue weighted by Gasteiger charge is -2.36. The average molecular weight is 370 g/mol. The zero-order valence-electron chi connectivity index (χ0n) is 14.5. The van der Waals surface area contributed by atoms with Crippen molar-refractivity contribution in [1.29, 1.82) is 0 Å². The number of esters is 1. The summed E-state index contributed by atoms with van der Waals surface area (Å²) < 4.78 is 21.5. The molecule has 0 saturated carbocycles. The lowest BCUT2D eigenvalue weighted by molar-refractivity contribution is -0.141. The molecule has 1 fully saturated rings. The first-order chi connectivity index (χ1) is 13.1. The standard InChI is InChI=1S/C20H18O7/c1-24-14-4-9(2-3-13(14)21)17-10-5-15-16(27-8-26-15)6-11(10)19(22)12-7-25-20(23)18(12)17/h2-6,12,17-19,21-22H,7-8H2,1H3. The van der Waals surface area contributed by atoms with Crippen LogP contribution in [-0.4, -0.2) is 36.7 Å². The van der Waals surface area contributed by atoms with Crippen LogP contribution in [0.1, 0.15) is 28.7 Å². The van der Waals surface area contributed by atoms with Crippen molar-refractivity contribution in [3.8, 4) is 23.0 Å². The first-order valence-corrected chi connectivity index (χ1v) is 8.73. The number of hydrogen-bond donors (Lipinski definition) is 2. The van der Waals surface area contributed by atoms with Gasteiger partial charge in [0.1, 0.15) is 0 Å². The molecule has 3 aliphatic rings. The summed E-state index contributed by atoms with van der Waals surface area (Å²) in [6.45, 7) is 0.297. The van der Waals surface area contributed by atoms with Crippen molar-refractivity contribution in [2.45, 2.75) is 12.0 Å². The fourth-order valence-corrected chi connectivity index (χ4v) is 4.42. The van der Waals surface area contributed by atoms with Crippen LogP contribution < -0.4 is 14.2 Å². The molecular formula is C20H18O7. The van der Waals surface area contributed by atoms with Crippen LogP contribution in [0.25, 0.3) is 0 Å². The molecule has 2 aliphatic heterocycles. The number of carbonyl (C=O) groups excluding carboxylic acids is 1. The Labute approximate surface area is 155 Å². The predicted octanol–water partition coefficient (Wildman–Crippen LogP) is 2.10. The highest BCUT2D eigenvalue weighted by Crippen LogP contribution is 2.54. The van der Waals surface area contributed by atoms with Crippen molar-refractivity contribution >= 4 is 5.97 Å². The first-order valence-electron chi connectivity index (χ1n) is 8.73. The number of aliphatic hydroxyl groups excluding tert-OH is 1. The molecule has 0 amide bonds. The Morgan fingerprint density at radius 1 is 1.07 bits per heavy atom. The number of aromatic hydroxyl groups is 1. The molecule has 27 heavy (non-hydrogen) atoms. The summed E-state index contributed by atoms with van der Waals surface area (Å²) in [5.41, 5.74) is 2.29. The van der Waals surface area contributed by atoms with Gasteiger partial charge in [0.25, 0.3) is 0 Å². The SMILES string of the molecule is COc1cc(C2c3cc4c(cc3C(O)C3COC(=O)C23)OCO4)ccc1O. The summed E-state index contributed by atoms with van der Waals surface area (Å²) in [6.07, 6.45) is -0.832. The van der Waals surface area contributed by atoms with Crippen LogP contribution in [0.4, 0.5) is 0 Å². The molecule has 2 aromatic rings. The third kappa shape index (κ3) is 2.28. The number of benzene rings is 2. The summed E-state index contributed by atoms with van der Waals surface area (Å²) in [5, 5.41) is 20.8. The smallest absolute Gasteiger partial charge is 0.310 e. The van der Waals surface area contributed by atoms with Crippen LogP contribution in [0, 0.1) is 11.8 Å². The summed E-state index contributed by atoms with van der Waals surface area (Å²) in [6, 6.07) is 8.63. The molecule has 0 aromatic heterocycles. The van der Waals surface area contributed by atoms with Gasteiger partial charge in [-0.3, -0.25) is 4.79 Å². The molecule has 0 radical (unpaired) electrons. The number of cyclic esters (lactones) is 1. The molecule has 1 saturated heterocycles. The van der Waals surface area contributed by atoms with Crippen LogP contribution in [0.5, 0.6) is 23.0 Å². The van der Waals surface area contributed by atoms with Crippen molar-refractivity contribution in [1.82, 2.24) is 0 Å². The van der Waals surface area contributed by atoms with Gasteiger partial charge in [-0.15, -0.1) is 0 Å². The number of phenolic OH excluding ortho intramolecular Hbond substituents is 1. The van der Waals surface area contributed by atoms with E-state index in [1.807, 2.05) is 6.07 Å². The second kappa shape index (κ2) is 5.79. The minimum atomic E-state index is -0.832. The summed E-state index contributed by atoms with van der Waals surface area (Å²) >= 11 is 0. The van der Waals surface area contributed by atoms with Crippen LogP contribution in [0.3, 0.4) is 0 Å². The second-order valence-corrected chi connectivity index (χ2v) is 7.01. The lowest BCUT2D eigenvalue weighted by atomic mass is 9.66. The maximum absolute atomic E-state index is 12.5. The Morgan fingerprint density at radius 3 is 2.56 bits per heavy atom. The topological polar surface area (TPSA) is 94.5 Å². The molecule has 4 unspecified atom stereocenters. The van der Waals surface area contributed by atoms with E-state index < -0.39 is 12.0 Å². The van der Waals surface area contributed by atoms with Crippen LogP contribution >= 0.6 is 0 Å². The molecule has 1 aliphatic carbocycles. The highest BCUT2D eigenvalue weighted by Gasteiger charge is 2.52. The summed E-state index contributed by atoms with van der Waals surface area (Å²) in [5.74, 6) is -0.0542. The molecule has 140 valence electrons. The second-order valence-electron chi connectivity index (χ2n) is 7.01. The van der Waals surface area contributed by atoms with E-state index in [-0.39, 0.29) is 37.0 Å². The quantitative estimate of drug-likeness (QED) is 0.782. The Hall–Kier alpha value is -2.93. The van der Waals surface area contributed by atoms with Crippen molar-refractivity contribution in [3.05, 3.63) is 47.0 Å². The van der Waals surface area contributed by atoms with Gasteiger partial charge in [0.2, 0.25) is 6.79 Å². The summed E-state index contributed by atoms with van der Waals surface area (Å²) in [4.78, 5) is 12.5. The molecule has 2 aromatic carbocycles. The molecule has 2 heterocycles. The normalized spacial score (nSPS) is 27.7. The Bertz CT molecular complexity index is 938. The number of ether oxygens (including phenoxy) is 4. The molecule has 2 N–H and O–H groups in total. The number of phenols is 1. The molecule has 0 bridgehead atoms. The highest BCUT2D eigenvalue weighted by molar-refractivity contribution is 5.78. The Morgan fingerprint density at radius 2 is 1.81 bits per heavy atom. The minimum Gasteiger partial charge on any atom is -0.504 e. The monoisotopic (exact) mass is 370 g/mol. The van der Waals surface area contributed by atoms with E-state index >= 15 is 0 Å². The van der Waals surface area contributed by atoms with Crippen molar-refractivity contribution in [2.24, 2.45) is 11.8 Å². The van der Waals surface area contributed by atoms with Gasteiger partial charge in [0, 0.05) is 11.8 Å². The largest absolute Gasteiger partial charge is 0.504 e. The average Bonchev–Trinajstić information content (AvgIpc) is 3.28. The van der Waals surface area contributed by atoms with E-state index in [2.05, 4.69) is 0 Å².